The minimum atomic E-state index is -4.82. The van der Waals surface area contributed by atoms with E-state index in [1.54, 1.807) is 6.92 Å². The van der Waals surface area contributed by atoms with E-state index in [4.69, 9.17) is 80.0 Å². The molecule has 0 radical (unpaired) electrons. The Labute approximate surface area is 577 Å². The van der Waals surface area contributed by atoms with Crippen molar-refractivity contribution in [2.24, 2.45) is 5.11 Å². The average molecular weight is 1500 g/mol. The van der Waals surface area contributed by atoms with Gasteiger partial charge in [0.05, 0.1) is 63.8 Å². The molecule has 102 heavy (non-hydrogen) atoms. The maximum atomic E-state index is 14.0. The van der Waals surface area contributed by atoms with E-state index in [2.05, 4.69) is 10.0 Å². The molecule has 1 aromatic carbocycles. The molecule has 30 saturated heterocycles. The van der Waals surface area contributed by atoms with Gasteiger partial charge in [-0.2, -0.15) is 8.42 Å². The third-order valence-electron chi connectivity index (χ3n) is 19.1. The molecule has 22 N–H and O–H groups in total. The number of azide groups is 1. The van der Waals surface area contributed by atoms with Crippen molar-refractivity contribution in [3.63, 3.8) is 0 Å². The topological polar surface area (TPSA) is 685 Å². The lowest BCUT2D eigenvalue weighted by molar-refractivity contribution is -0.403. The Hall–Kier alpha value is -3.08. The summed E-state index contributed by atoms with van der Waals surface area (Å²) in [5.74, 6) is 0. The average Bonchev–Trinajstić information content (AvgIpc) is 0.725. The fourth-order valence-corrected chi connectivity index (χ4v) is 15.1. The molecule has 45 heteroatoms. The molecule has 44 nitrogen and oxygen atoms in total. The highest BCUT2D eigenvalue weighted by atomic mass is 32.2. The van der Waals surface area contributed by atoms with Crippen LogP contribution in [0.4, 0.5) is 0 Å². The molecule has 0 spiro atoms. The van der Waals surface area contributed by atoms with Crippen LogP contribution in [0, 0.1) is 20.8 Å². The fourth-order valence-electron chi connectivity index (χ4n) is 13.8. The first-order valence-electron chi connectivity index (χ1n) is 32.4. The van der Waals surface area contributed by atoms with Crippen molar-refractivity contribution in [3.8, 4) is 0 Å². The van der Waals surface area contributed by atoms with Crippen molar-refractivity contribution < 1.29 is 201 Å². The van der Waals surface area contributed by atoms with Gasteiger partial charge in [-0.25, -0.2) is 0 Å². The summed E-state index contributed by atoms with van der Waals surface area (Å²) < 4.78 is 126. The van der Waals surface area contributed by atoms with Crippen LogP contribution >= 0.6 is 0 Å². The van der Waals surface area contributed by atoms with Crippen LogP contribution < -0.4 is 0 Å². The van der Waals surface area contributed by atoms with Gasteiger partial charge in [-0.05, 0) is 37.4 Å². The van der Waals surface area contributed by atoms with Crippen LogP contribution in [0.2, 0.25) is 0 Å². The van der Waals surface area contributed by atoms with Crippen LogP contribution in [0.3, 0.4) is 0 Å². The number of benzene rings is 1. The number of rotatable bonds is 12. The first-order valence-corrected chi connectivity index (χ1v) is 33.8. The van der Waals surface area contributed by atoms with Crippen LogP contribution in [0.25, 0.3) is 10.4 Å². The largest absolute Gasteiger partial charge is 0.394 e. The van der Waals surface area contributed by atoms with Crippen molar-refractivity contribution in [2.75, 3.05) is 52.8 Å². The smallest absolute Gasteiger partial charge is 0.297 e. The molecule has 0 aromatic heterocycles. The summed E-state index contributed by atoms with van der Waals surface area (Å²) in [6, 6.07) is 3.06. The van der Waals surface area contributed by atoms with Crippen LogP contribution in [0.1, 0.15) is 16.7 Å². The zero-order valence-electron chi connectivity index (χ0n) is 54.3. The zero-order valence-corrected chi connectivity index (χ0v) is 55.1. The lowest BCUT2D eigenvalue weighted by Gasteiger charge is -2.50. The normalized spacial score (nSPS) is 49.4. The summed E-state index contributed by atoms with van der Waals surface area (Å²) in [6.45, 7) is -4.15. The van der Waals surface area contributed by atoms with Gasteiger partial charge in [0.2, 0.25) is 0 Å². The molecule has 0 aliphatic carbocycles. The van der Waals surface area contributed by atoms with Gasteiger partial charge in [0.1, 0.15) is 189 Å². The maximum Gasteiger partial charge on any atom is 0.297 e. The van der Waals surface area contributed by atoms with Crippen molar-refractivity contribution in [3.05, 3.63) is 39.3 Å². The molecule has 584 valence electrons. The fraction of sp³-hybridized carbons (Fsp3) is 0.895. The van der Waals surface area contributed by atoms with Crippen molar-refractivity contribution in [1.29, 1.82) is 0 Å². The monoisotopic (exact) mass is 1500 g/mol. The number of aliphatic hydroxyl groups is 22. The second-order valence-corrected chi connectivity index (χ2v) is 27.5. The number of nitrogens with zero attached hydrogens (tertiary/aromatic N) is 3. The summed E-state index contributed by atoms with van der Waals surface area (Å²) in [5.41, 5.74) is 10.4. The van der Waals surface area contributed by atoms with Crippen LogP contribution in [-0.2, 0) is 90.1 Å². The summed E-state index contributed by atoms with van der Waals surface area (Å²) in [5, 5.41) is 253. The van der Waals surface area contributed by atoms with E-state index in [9.17, 15) is 126 Å². The molecule has 40 atom stereocenters. The Morgan fingerprint density at radius 3 is 0.745 bits per heavy atom. The maximum absolute atomic E-state index is 14.0. The summed E-state index contributed by atoms with van der Waals surface area (Å²) in [4.78, 5) is 2.34. The second-order valence-electron chi connectivity index (χ2n) is 26.0. The molecule has 31 rings (SSSR count). The van der Waals surface area contributed by atoms with Gasteiger partial charge in [0.25, 0.3) is 10.1 Å². The number of ether oxygens (including phenoxy) is 16. The van der Waals surface area contributed by atoms with Gasteiger partial charge >= 0.3 is 0 Å². The van der Waals surface area contributed by atoms with Gasteiger partial charge in [0, 0.05) is 4.91 Å². The molecule has 30 heterocycles. The first-order chi connectivity index (χ1) is 48.4. The van der Waals surface area contributed by atoms with Crippen molar-refractivity contribution >= 4 is 10.1 Å². The first kappa shape index (κ1) is 81.4. The molecule has 30 aliphatic rings. The van der Waals surface area contributed by atoms with Gasteiger partial charge in [-0.15, -0.1) is 0 Å². The third-order valence-corrected chi connectivity index (χ3v) is 20.7. The molecule has 16 bridgehead atoms. The lowest BCUT2D eigenvalue weighted by Crippen LogP contribution is -2.69. The lowest BCUT2D eigenvalue weighted by atomic mass is 9.94. The second kappa shape index (κ2) is 34.2. The van der Waals surface area contributed by atoms with E-state index in [-0.39, 0.29) is 16.0 Å². The van der Waals surface area contributed by atoms with E-state index in [0.29, 0.717) is 5.56 Å². The molecule has 0 amide bonds. The minimum absolute atomic E-state index is 0.220. The predicted octanol–water partition coefficient (Wildman–Crippen LogP) is -13.7. The molecular formula is C57H89N3O41S. The van der Waals surface area contributed by atoms with Crippen LogP contribution in [0.5, 0.6) is 0 Å². The van der Waals surface area contributed by atoms with Gasteiger partial charge < -0.3 is 188 Å². The standard InChI is InChI=1S/C57H89N3O41S/c1-14-4-15(2)49(16(3)5-14)102(83,84)85-13-24-48-32(74)40(82)57(93-24)100-47-23(12-66)91-55(38(80)30(47)72)98-45-21(10-64)89-53(36(78)28(45)70)96-43-19(8-62)87-51(34(76)26(43)68)94-41-17(6-59-60-58)86-50(33(75)25(41)67)95-42-18(7-61)88-52(35(77)27(42)69)97-44-20(9-63)90-54(37(79)29(44)71)99-46-22(11-65)92-56(101-48)39(81)31(46)73/h4-5,17-48,50-57,61-82H,6-13H2,1-3H3/t17-,18-,19-,20-,21-,22-,23-,24-,25-,26-,27-,28-,29-,30-,31-,32-,33-,34-,35-,36-,37-,38-,39-,40-,41-,42-,43-,44-,45-,46-,47-,48-,50-,51-,52-,53-,54-,55-,56-,57-/m1/s1. The Bertz CT molecular complexity index is 3010. The highest BCUT2D eigenvalue weighted by Crippen LogP contribution is 2.41. The number of hydrogen-bond donors (Lipinski definition) is 22. The van der Waals surface area contributed by atoms with Crippen molar-refractivity contribution in [2.45, 2.75) is 271 Å². The summed E-state index contributed by atoms with van der Waals surface area (Å²) >= 11 is 0. The third kappa shape index (κ3) is 16.4. The molecule has 30 aliphatic heterocycles. The van der Waals surface area contributed by atoms with Gasteiger partial charge in [0.15, 0.2) is 50.3 Å². The molecule has 0 unspecified atom stereocenters. The number of aliphatic hydroxyl groups excluding tert-OH is 22. The van der Waals surface area contributed by atoms with Crippen LogP contribution in [0.15, 0.2) is 22.1 Å². The summed E-state index contributed by atoms with van der Waals surface area (Å²) in [6.07, 6.45) is -85.3. The molecule has 30 fully saturated rings. The highest BCUT2D eigenvalue weighted by molar-refractivity contribution is 7.86. The Morgan fingerprint density at radius 1 is 0.333 bits per heavy atom. The summed E-state index contributed by atoms with van der Waals surface area (Å²) in [7, 11) is -4.82. The van der Waals surface area contributed by atoms with E-state index in [1.165, 1.54) is 26.0 Å². The van der Waals surface area contributed by atoms with E-state index in [0.717, 1.165) is 0 Å². The minimum Gasteiger partial charge on any atom is -0.394 e. The SMILES string of the molecule is Cc1cc(C)c(S(=O)(=O)OC[C@H]2O[C@@H]3O[C@H]4[C@H](O)[C@@H](O)[C@@H](O[C@H]5[C@H](O)[C@@H](O)[C@@H](O[C@H]6[C@H](O)[C@@H](O)[C@@H](O[C@H]7[C@H](O)[C@@H](O)[C@@H](O[C@H]8[C@H](O)[C@@H](O)[C@@H](O[C@H]9[C@H](O)[C@@H](O)[C@@H](O[C@H]%10[C@H](O)[C@@H](O)[C@@H](O[C@H]2[C@H](O)[C@H]3O)O[C@@H]%10CO)O[C@@H]9CO)O[C@@H]8CO)O[C@@H]7CN=[N+]=[N-])O[C@@H]6CO)O[C@@H]5CO)O[C@@H]4CO)c(C)c1. The zero-order chi connectivity index (χ0) is 74.4. The molecule has 1 aromatic rings. The Balaban J connectivity index is 0.951. The van der Waals surface area contributed by atoms with Crippen molar-refractivity contribution in [1.82, 2.24) is 0 Å². The van der Waals surface area contributed by atoms with E-state index < -0.39 is 309 Å². The van der Waals surface area contributed by atoms with Crippen LogP contribution in [-0.4, -0.2) is 419 Å². The highest BCUT2D eigenvalue weighted by Gasteiger charge is 2.61. The van der Waals surface area contributed by atoms with E-state index >= 15 is 0 Å². The van der Waals surface area contributed by atoms with Gasteiger partial charge in [-0.1, -0.05) is 22.8 Å². The molecule has 0 saturated carbocycles. The number of hydrogen-bond acceptors (Lipinski definition) is 42. The Kier molecular flexibility index (Phi) is 27.3. The van der Waals surface area contributed by atoms with Gasteiger partial charge in [-0.3, -0.25) is 4.18 Å². The Morgan fingerprint density at radius 2 is 0.529 bits per heavy atom. The predicted molar refractivity (Wildman–Crippen MR) is 315 cm³/mol. The quantitative estimate of drug-likeness (QED) is 0.0400. The van der Waals surface area contributed by atoms with E-state index in [1.807, 2.05) is 0 Å². The molecular weight excluding hydrogens is 1410 g/mol. The number of aryl methyl sites for hydroxylation is 3.